The number of benzene rings is 7. The van der Waals surface area contributed by atoms with E-state index in [1.807, 2.05) is 36.4 Å². The summed E-state index contributed by atoms with van der Waals surface area (Å²) in [4.78, 5) is 4.99. The molecule has 7 aromatic carbocycles. The Morgan fingerprint density at radius 2 is 1.21 bits per heavy atom. The Hall–Kier alpha value is -6.07. The van der Waals surface area contributed by atoms with Crippen LogP contribution in [0.25, 0.3) is 82.9 Å². The summed E-state index contributed by atoms with van der Waals surface area (Å²) in [6, 6.07) is 57.8. The van der Waals surface area contributed by atoms with E-state index in [1.54, 1.807) is 0 Å². The second-order valence-electron chi connectivity index (χ2n) is 15.3. The minimum Gasteiger partial charge on any atom is -0.342 e. The molecule has 11 aromatic rings. The van der Waals surface area contributed by atoms with Crippen LogP contribution in [0, 0.1) is 18.5 Å². The van der Waals surface area contributed by atoms with Gasteiger partial charge in [0, 0.05) is 32.7 Å². The Morgan fingerprint density at radius 3 is 1.91 bits per heavy atom. The smallest absolute Gasteiger partial charge is 0.342 e. The van der Waals surface area contributed by atoms with Gasteiger partial charge >= 0.3 is 20.1 Å². The molecule has 4 heterocycles. The molecule has 11 rings (SSSR count). The van der Waals surface area contributed by atoms with Gasteiger partial charge in [0.05, 0.1) is 46.0 Å². The van der Waals surface area contributed by atoms with Crippen LogP contribution < -0.4 is 4.57 Å². The van der Waals surface area contributed by atoms with Crippen molar-refractivity contribution < 1.29 is 24.7 Å². The number of hydrogen-bond donors (Lipinski definition) is 0. The summed E-state index contributed by atoms with van der Waals surface area (Å²) in [5.74, 6) is 1.80. The molecule has 278 valence electrons. The van der Waals surface area contributed by atoms with Crippen LogP contribution in [0.3, 0.4) is 0 Å². The monoisotopic (exact) mass is 916 g/mol. The molecule has 6 heteroatoms. The number of aromatic nitrogens is 5. The summed E-state index contributed by atoms with van der Waals surface area (Å²) in [5.41, 5.74) is 14.2. The molecule has 0 spiro atoms. The van der Waals surface area contributed by atoms with E-state index in [0.29, 0.717) is 11.8 Å². The topological polar surface area (TPSA) is 31.0 Å². The van der Waals surface area contributed by atoms with Crippen molar-refractivity contribution in [1.82, 2.24) is 18.5 Å². The van der Waals surface area contributed by atoms with Crippen molar-refractivity contribution in [3.05, 3.63) is 175 Å². The second-order valence-corrected chi connectivity index (χ2v) is 15.3. The Labute approximate surface area is 346 Å². The number of imidazole rings is 2. The first-order valence-electron chi connectivity index (χ1n) is 19.4. The molecular formula is C51H41IrN5+. The van der Waals surface area contributed by atoms with Gasteiger partial charge in [-0.1, -0.05) is 106 Å². The van der Waals surface area contributed by atoms with Gasteiger partial charge < -0.3 is 18.1 Å². The van der Waals surface area contributed by atoms with Crippen LogP contribution in [0.15, 0.2) is 146 Å². The number of hydrogen-bond acceptors (Lipinski definition) is 1. The Morgan fingerprint density at radius 1 is 0.579 bits per heavy atom. The fraction of sp³-hybridized carbons (Fsp3) is 0.137. The van der Waals surface area contributed by atoms with E-state index < -0.39 is 0 Å². The maximum absolute atomic E-state index is 4.99. The van der Waals surface area contributed by atoms with E-state index in [4.69, 9.17) is 4.98 Å². The van der Waals surface area contributed by atoms with Crippen molar-refractivity contribution in [2.45, 2.75) is 39.5 Å². The van der Waals surface area contributed by atoms with Crippen molar-refractivity contribution in [3.63, 3.8) is 0 Å². The first-order valence-corrected chi connectivity index (χ1v) is 19.4. The predicted octanol–water partition coefficient (Wildman–Crippen LogP) is 11.9. The normalized spacial score (nSPS) is 11.8. The standard InChI is InChI=1S/C26H16N3.C25H25N2.Ir/c1-27-16-28(17-8-3-2-4-9-17)25-14-21-20-12-7-11-19-18-10-5-6-13-22(18)29(26(19)20)23(21)15-24(25)27;1-17(2)20-13-10-14-21(18(3)4)24(20)27-23-16-9-8-15-22(23)26-25(27)19-11-6-5-7-12-19;/h2-8,10-15H,1H3;5-11,13-18H,1-4H3;/q2*-1;+3. The summed E-state index contributed by atoms with van der Waals surface area (Å²) >= 11 is 0. The zero-order valence-electron chi connectivity index (χ0n) is 32.6. The molecule has 0 radical (unpaired) electrons. The largest absolute Gasteiger partial charge is 3.00 e. The van der Waals surface area contributed by atoms with E-state index in [1.165, 1.54) is 54.9 Å². The van der Waals surface area contributed by atoms with Gasteiger partial charge in [-0.3, -0.25) is 4.98 Å². The van der Waals surface area contributed by atoms with Crippen molar-refractivity contribution in [2.24, 2.45) is 7.05 Å². The Balaban J connectivity index is 0.000000146. The summed E-state index contributed by atoms with van der Waals surface area (Å²) in [6.45, 7) is 9.04. The molecule has 0 fully saturated rings. The van der Waals surface area contributed by atoms with Crippen LogP contribution in [0.5, 0.6) is 0 Å². The number of aryl methyl sites for hydroxylation is 1. The summed E-state index contributed by atoms with van der Waals surface area (Å²) < 4.78 is 8.93. The van der Waals surface area contributed by atoms with E-state index >= 15 is 0 Å². The third kappa shape index (κ3) is 5.86. The molecule has 0 saturated heterocycles. The first kappa shape index (κ1) is 36.6. The molecule has 0 aliphatic rings. The number of nitrogens with zero attached hydrogens (tertiary/aromatic N) is 5. The Kier molecular flexibility index (Phi) is 9.27. The van der Waals surface area contributed by atoms with Gasteiger partial charge in [0.1, 0.15) is 0 Å². The second kappa shape index (κ2) is 14.5. The van der Waals surface area contributed by atoms with Crippen molar-refractivity contribution in [1.29, 1.82) is 0 Å². The van der Waals surface area contributed by atoms with E-state index in [2.05, 4.69) is 180 Å². The average Bonchev–Trinajstić information content (AvgIpc) is 3.98. The average molecular weight is 916 g/mol. The molecule has 0 bridgehead atoms. The third-order valence-electron chi connectivity index (χ3n) is 11.2. The molecule has 5 nitrogen and oxygen atoms in total. The van der Waals surface area contributed by atoms with Gasteiger partial charge in [0.2, 0.25) is 6.33 Å². The molecule has 0 N–H and O–H groups in total. The van der Waals surface area contributed by atoms with Gasteiger partial charge in [-0.15, -0.1) is 35.9 Å². The van der Waals surface area contributed by atoms with Crippen LogP contribution >= 0.6 is 0 Å². The molecule has 0 aliphatic heterocycles. The minimum atomic E-state index is 0. The minimum absolute atomic E-state index is 0. The van der Waals surface area contributed by atoms with Crippen molar-refractivity contribution in [2.75, 3.05) is 0 Å². The van der Waals surface area contributed by atoms with E-state index in [0.717, 1.165) is 39.1 Å². The third-order valence-corrected chi connectivity index (χ3v) is 11.2. The van der Waals surface area contributed by atoms with Crippen molar-refractivity contribution >= 4 is 60.2 Å². The fourth-order valence-corrected chi connectivity index (χ4v) is 8.60. The van der Waals surface area contributed by atoms with Crippen LogP contribution in [0.2, 0.25) is 0 Å². The van der Waals surface area contributed by atoms with Gasteiger partial charge in [-0.05, 0) is 47.2 Å². The van der Waals surface area contributed by atoms with Gasteiger partial charge in [0.25, 0.3) is 0 Å². The molecule has 0 atom stereocenters. The Bertz CT molecular complexity index is 3180. The zero-order valence-corrected chi connectivity index (χ0v) is 35.0. The fourth-order valence-electron chi connectivity index (χ4n) is 8.60. The molecule has 0 aliphatic carbocycles. The van der Waals surface area contributed by atoms with Gasteiger partial charge in [-0.2, -0.15) is 30.3 Å². The van der Waals surface area contributed by atoms with Crippen LogP contribution in [-0.2, 0) is 27.2 Å². The molecule has 57 heavy (non-hydrogen) atoms. The number of rotatable bonds is 5. The summed E-state index contributed by atoms with van der Waals surface area (Å²) in [5, 5.41) is 5.19. The van der Waals surface area contributed by atoms with Crippen LogP contribution in [-0.4, -0.2) is 18.5 Å². The maximum Gasteiger partial charge on any atom is 3.00 e. The van der Waals surface area contributed by atoms with Crippen molar-refractivity contribution in [3.8, 4) is 22.8 Å². The van der Waals surface area contributed by atoms with Crippen LogP contribution in [0.4, 0.5) is 0 Å². The summed E-state index contributed by atoms with van der Waals surface area (Å²) in [7, 11) is 2.06. The SMILES string of the molecule is CC(C)c1cccc(C(C)C)c1-n1c(-c2[c-]cccc2)nc2ccccc21.C[n+]1[c-]n(-c2[c-]cccc2)c2cc3c4cccc5c6ccccc6n(c3cc21)c54.[Ir+3]. The van der Waals surface area contributed by atoms with Crippen LogP contribution in [0.1, 0.15) is 50.7 Å². The van der Waals surface area contributed by atoms with Gasteiger partial charge in [-0.25, -0.2) is 0 Å². The number of fused-ring (bicyclic) bond motifs is 8. The maximum atomic E-state index is 4.99. The van der Waals surface area contributed by atoms with E-state index in [-0.39, 0.29) is 20.1 Å². The molecular weight excluding hydrogens is 875 g/mol. The van der Waals surface area contributed by atoms with E-state index in [9.17, 15) is 0 Å². The zero-order chi connectivity index (χ0) is 38.1. The molecule has 0 unspecified atom stereocenters. The predicted molar refractivity (Wildman–Crippen MR) is 230 cm³/mol. The van der Waals surface area contributed by atoms with Gasteiger partial charge in [0.15, 0.2) is 0 Å². The summed E-state index contributed by atoms with van der Waals surface area (Å²) in [6.07, 6.45) is 3.44. The molecule has 0 saturated carbocycles. The quantitative estimate of drug-likeness (QED) is 0.125. The first-order chi connectivity index (χ1) is 27.4. The number of para-hydroxylation sites is 6. The molecule has 0 amide bonds. The molecule has 4 aromatic heterocycles.